The molecular formula is C22H25FN4O3. The number of hydrogen-bond donors (Lipinski definition) is 1. The van der Waals surface area contributed by atoms with E-state index in [1.54, 1.807) is 17.2 Å². The van der Waals surface area contributed by atoms with Crippen LogP contribution in [0.15, 0.2) is 24.4 Å². The molecule has 1 amide bonds. The highest BCUT2D eigenvalue weighted by atomic mass is 19.1. The van der Waals surface area contributed by atoms with Crippen molar-refractivity contribution in [2.24, 2.45) is 11.8 Å². The number of carbonyl (C=O) groups excluding carboxylic acids is 2. The Balaban J connectivity index is 1.87. The van der Waals surface area contributed by atoms with Crippen molar-refractivity contribution in [3.63, 3.8) is 0 Å². The average Bonchev–Trinajstić information content (AvgIpc) is 3.53. The van der Waals surface area contributed by atoms with Gasteiger partial charge in [0, 0.05) is 30.8 Å². The molecule has 1 aliphatic heterocycles. The first kappa shape index (κ1) is 20.3. The molecule has 1 aromatic heterocycles. The quantitative estimate of drug-likeness (QED) is 0.772. The molecular weight excluding hydrogens is 387 g/mol. The number of nitrogens with zero attached hydrogens (tertiary/aromatic N) is 3. The topological polar surface area (TPSA) is 84.4 Å². The molecule has 0 bridgehead atoms. The van der Waals surface area contributed by atoms with Gasteiger partial charge in [-0.05, 0) is 49.4 Å². The minimum atomic E-state index is -0.757. The molecule has 1 saturated carbocycles. The van der Waals surface area contributed by atoms with Crippen LogP contribution >= 0.6 is 0 Å². The number of halogens is 1. The molecule has 2 heterocycles. The predicted molar refractivity (Wildman–Crippen MR) is 110 cm³/mol. The number of nitrogens with one attached hydrogen (secondary N) is 1. The Hall–Kier alpha value is -3.03. The molecule has 30 heavy (non-hydrogen) atoms. The van der Waals surface area contributed by atoms with Gasteiger partial charge in [0.15, 0.2) is 0 Å². The zero-order valence-electron chi connectivity index (χ0n) is 17.5. The summed E-state index contributed by atoms with van der Waals surface area (Å²) in [5, 5.41) is 3.37. The summed E-state index contributed by atoms with van der Waals surface area (Å²) >= 11 is 0. The van der Waals surface area contributed by atoms with E-state index in [1.165, 1.54) is 26.2 Å². The van der Waals surface area contributed by atoms with Gasteiger partial charge in [-0.15, -0.1) is 0 Å². The van der Waals surface area contributed by atoms with Crippen LogP contribution in [0.3, 0.4) is 0 Å². The zero-order valence-corrected chi connectivity index (χ0v) is 17.5. The molecule has 2 unspecified atom stereocenters. The van der Waals surface area contributed by atoms with Gasteiger partial charge in [-0.25, -0.2) is 19.2 Å². The van der Waals surface area contributed by atoms with Crippen LogP contribution in [0, 0.1) is 24.6 Å². The van der Waals surface area contributed by atoms with Crippen LogP contribution in [-0.4, -0.2) is 35.0 Å². The molecule has 2 aliphatic rings. The molecule has 0 radical (unpaired) electrons. The Morgan fingerprint density at radius 1 is 1.30 bits per heavy atom. The number of carbonyl (C=O) groups is 2. The maximum absolute atomic E-state index is 14.8. The Morgan fingerprint density at radius 3 is 2.63 bits per heavy atom. The number of benzene rings is 1. The maximum Gasteiger partial charge on any atom is 0.340 e. The summed E-state index contributed by atoms with van der Waals surface area (Å²) in [4.78, 5) is 35.2. The lowest BCUT2D eigenvalue weighted by Gasteiger charge is -2.45. The monoisotopic (exact) mass is 412 g/mol. The number of aryl methyl sites for hydroxylation is 1. The van der Waals surface area contributed by atoms with Gasteiger partial charge in [-0.3, -0.25) is 4.79 Å². The van der Waals surface area contributed by atoms with Crippen molar-refractivity contribution in [1.82, 2.24) is 9.97 Å². The van der Waals surface area contributed by atoms with Gasteiger partial charge >= 0.3 is 5.97 Å². The highest BCUT2D eigenvalue weighted by molar-refractivity contribution is 5.96. The Morgan fingerprint density at radius 2 is 2.03 bits per heavy atom. The molecule has 3 atom stereocenters. The fourth-order valence-electron chi connectivity index (χ4n) is 4.50. The van der Waals surface area contributed by atoms with E-state index in [4.69, 9.17) is 4.74 Å². The molecule has 158 valence electrons. The lowest BCUT2D eigenvalue weighted by atomic mass is 9.79. The van der Waals surface area contributed by atoms with Gasteiger partial charge in [-0.2, -0.15) is 0 Å². The first-order chi connectivity index (χ1) is 14.3. The molecule has 1 aliphatic carbocycles. The van der Waals surface area contributed by atoms with Crippen molar-refractivity contribution < 1.29 is 18.7 Å². The summed E-state index contributed by atoms with van der Waals surface area (Å²) in [5.74, 6) is -0.797. The molecule has 1 N–H and O–H groups in total. The van der Waals surface area contributed by atoms with Gasteiger partial charge in [0.05, 0.1) is 24.4 Å². The Labute approximate surface area is 174 Å². The molecule has 4 rings (SSSR count). The van der Waals surface area contributed by atoms with Crippen molar-refractivity contribution in [3.8, 4) is 0 Å². The van der Waals surface area contributed by atoms with Crippen LogP contribution in [0.25, 0.3) is 0 Å². The first-order valence-electron chi connectivity index (χ1n) is 10.1. The highest BCUT2D eigenvalue weighted by Gasteiger charge is 2.48. The van der Waals surface area contributed by atoms with Crippen LogP contribution in [-0.2, 0) is 9.53 Å². The van der Waals surface area contributed by atoms with Crippen LogP contribution in [0.2, 0.25) is 0 Å². The van der Waals surface area contributed by atoms with E-state index in [1.807, 2.05) is 6.92 Å². The standard InChI is InChI=1S/C22H25FN4O3/c1-11-7-8-24-22(25-11)26-19-12(2)20(14-5-6-14)27(13(3)28)18-10-17(23)15(9-16(18)19)21(29)30-4/h7-10,12,14,19-20H,5-6H2,1-4H3,(H,24,25,26)/t12?,19?,20-/m1/s1. The number of ether oxygens (including phenoxy) is 1. The van der Waals surface area contributed by atoms with Gasteiger partial charge in [0.2, 0.25) is 11.9 Å². The fraction of sp³-hybridized carbons (Fsp3) is 0.455. The smallest absolute Gasteiger partial charge is 0.340 e. The van der Waals surface area contributed by atoms with E-state index in [0.29, 0.717) is 23.1 Å². The van der Waals surface area contributed by atoms with Gasteiger partial charge in [0.1, 0.15) is 5.82 Å². The van der Waals surface area contributed by atoms with Crippen molar-refractivity contribution in [2.75, 3.05) is 17.3 Å². The lowest BCUT2D eigenvalue weighted by Crippen LogP contribution is -2.51. The number of amides is 1. The zero-order chi connectivity index (χ0) is 21.6. The second-order valence-corrected chi connectivity index (χ2v) is 8.10. The second kappa shape index (κ2) is 7.66. The summed E-state index contributed by atoms with van der Waals surface area (Å²) in [6.07, 6.45) is 3.73. The van der Waals surface area contributed by atoms with Crippen molar-refractivity contribution in [1.29, 1.82) is 0 Å². The van der Waals surface area contributed by atoms with E-state index in [2.05, 4.69) is 22.2 Å². The number of aromatic nitrogens is 2. The number of methoxy groups -OCH3 is 1. The maximum atomic E-state index is 14.8. The Bertz CT molecular complexity index is 1010. The molecule has 8 heteroatoms. The third kappa shape index (κ3) is 3.51. The van der Waals surface area contributed by atoms with Crippen LogP contribution < -0.4 is 10.2 Å². The van der Waals surface area contributed by atoms with Crippen LogP contribution in [0.5, 0.6) is 0 Å². The molecule has 0 spiro atoms. The first-order valence-corrected chi connectivity index (χ1v) is 10.1. The SMILES string of the molecule is COC(=O)c1cc2c(cc1F)N(C(C)=O)[C@@H](C1CC1)C(C)C2Nc1nccc(C)n1. The normalized spacial score (nSPS) is 23.0. The van der Waals surface area contributed by atoms with Gasteiger partial charge in [-0.1, -0.05) is 6.92 Å². The molecule has 7 nitrogen and oxygen atoms in total. The van der Waals surface area contributed by atoms with E-state index < -0.39 is 11.8 Å². The minimum Gasteiger partial charge on any atom is -0.465 e. The largest absolute Gasteiger partial charge is 0.465 e. The fourth-order valence-corrected chi connectivity index (χ4v) is 4.50. The molecule has 1 aromatic carbocycles. The summed E-state index contributed by atoms with van der Waals surface area (Å²) in [7, 11) is 1.21. The van der Waals surface area contributed by atoms with Crippen LogP contribution in [0.1, 0.15) is 54.3 Å². The number of anilines is 2. The van der Waals surface area contributed by atoms with Crippen LogP contribution in [0.4, 0.5) is 16.0 Å². The summed E-state index contributed by atoms with van der Waals surface area (Å²) in [6, 6.07) is 4.20. The minimum absolute atomic E-state index is 0.00558. The summed E-state index contributed by atoms with van der Waals surface area (Å²) in [5.41, 5.74) is 1.79. The number of rotatable bonds is 4. The van der Waals surface area contributed by atoms with E-state index in [9.17, 15) is 14.0 Å². The van der Waals surface area contributed by atoms with Crippen molar-refractivity contribution in [2.45, 2.75) is 45.7 Å². The molecule has 0 saturated heterocycles. The van der Waals surface area contributed by atoms with E-state index in [-0.39, 0.29) is 29.5 Å². The van der Waals surface area contributed by atoms with Gasteiger partial charge in [0.25, 0.3) is 0 Å². The third-order valence-corrected chi connectivity index (χ3v) is 6.00. The van der Waals surface area contributed by atoms with E-state index >= 15 is 0 Å². The number of fused-ring (bicyclic) bond motifs is 1. The summed E-state index contributed by atoms with van der Waals surface area (Å²) < 4.78 is 19.6. The summed E-state index contributed by atoms with van der Waals surface area (Å²) in [6.45, 7) is 5.44. The number of hydrogen-bond acceptors (Lipinski definition) is 6. The van der Waals surface area contributed by atoms with E-state index in [0.717, 1.165) is 18.5 Å². The predicted octanol–water partition coefficient (Wildman–Crippen LogP) is 3.65. The number of esters is 1. The third-order valence-electron chi connectivity index (χ3n) is 6.00. The molecule has 2 aromatic rings. The average molecular weight is 412 g/mol. The second-order valence-electron chi connectivity index (χ2n) is 8.10. The highest BCUT2D eigenvalue weighted by Crippen LogP contribution is 2.50. The Kier molecular flexibility index (Phi) is 5.17. The lowest BCUT2D eigenvalue weighted by molar-refractivity contribution is -0.117. The van der Waals surface area contributed by atoms with Crippen molar-refractivity contribution in [3.05, 3.63) is 47.0 Å². The van der Waals surface area contributed by atoms with Crippen molar-refractivity contribution >= 4 is 23.5 Å². The molecule has 1 fully saturated rings. The van der Waals surface area contributed by atoms with Gasteiger partial charge < -0.3 is 15.0 Å².